The van der Waals surface area contributed by atoms with Crippen LogP contribution in [0.15, 0.2) is 18.2 Å². The van der Waals surface area contributed by atoms with Gasteiger partial charge in [0.2, 0.25) is 11.9 Å². The molecule has 0 N–H and O–H groups in total. The highest BCUT2D eigenvalue weighted by molar-refractivity contribution is 5.75. The highest BCUT2D eigenvalue weighted by Gasteiger charge is 2.18. The lowest BCUT2D eigenvalue weighted by Gasteiger charge is -2.22. The molecule has 1 aliphatic heterocycles. The Kier molecular flexibility index (Phi) is 4.12. The third-order valence-corrected chi connectivity index (χ3v) is 3.18. The van der Waals surface area contributed by atoms with E-state index < -0.39 is 5.95 Å². The number of amides is 1. The molecule has 1 saturated heterocycles. The molecule has 0 aromatic carbocycles. The van der Waals surface area contributed by atoms with Crippen LogP contribution in [0.3, 0.4) is 0 Å². The average molecular weight is 251 g/mol. The summed E-state index contributed by atoms with van der Waals surface area (Å²) in [5.41, 5.74) is 0. The fraction of sp³-hybridized carbons (Fsp3) is 0.538. The van der Waals surface area contributed by atoms with Crippen molar-refractivity contribution in [1.82, 2.24) is 9.88 Å². The van der Waals surface area contributed by atoms with E-state index in [1.807, 2.05) is 16.7 Å². The van der Waals surface area contributed by atoms with Crippen LogP contribution in [0.25, 0.3) is 0 Å². The normalized spacial score (nSPS) is 16.6. The molecule has 0 atom stereocenters. The van der Waals surface area contributed by atoms with Gasteiger partial charge in [0.1, 0.15) is 5.82 Å². The predicted molar refractivity (Wildman–Crippen MR) is 67.9 cm³/mol. The zero-order chi connectivity index (χ0) is 13.0. The van der Waals surface area contributed by atoms with Crippen LogP contribution in [0.2, 0.25) is 0 Å². The van der Waals surface area contributed by atoms with Gasteiger partial charge in [-0.2, -0.15) is 4.39 Å². The Hall–Kier alpha value is -1.65. The molecular formula is C13H18FN3O. The SMILES string of the molecule is CCC(=O)N1CCCN(c2cccc(F)n2)CC1. The molecule has 1 aromatic heterocycles. The molecule has 1 aliphatic rings. The molecule has 5 heteroatoms. The van der Waals surface area contributed by atoms with Crippen LogP contribution in [0.4, 0.5) is 10.2 Å². The first-order valence-electron chi connectivity index (χ1n) is 6.36. The fourth-order valence-electron chi connectivity index (χ4n) is 2.19. The first-order valence-corrected chi connectivity index (χ1v) is 6.36. The molecule has 1 aromatic rings. The van der Waals surface area contributed by atoms with Crippen LogP contribution in [0.1, 0.15) is 19.8 Å². The van der Waals surface area contributed by atoms with Gasteiger partial charge in [-0.15, -0.1) is 0 Å². The molecule has 0 aliphatic carbocycles. The molecule has 2 heterocycles. The number of halogens is 1. The van der Waals surface area contributed by atoms with Crippen LogP contribution in [0, 0.1) is 5.95 Å². The Morgan fingerprint density at radius 1 is 1.33 bits per heavy atom. The van der Waals surface area contributed by atoms with Crippen molar-refractivity contribution in [2.45, 2.75) is 19.8 Å². The second kappa shape index (κ2) is 5.80. The van der Waals surface area contributed by atoms with Gasteiger partial charge in [-0.05, 0) is 18.6 Å². The molecule has 0 bridgehead atoms. The van der Waals surface area contributed by atoms with Crippen LogP contribution >= 0.6 is 0 Å². The van der Waals surface area contributed by atoms with E-state index in [1.54, 1.807) is 12.1 Å². The Bertz CT molecular complexity index is 424. The number of nitrogens with zero attached hydrogens (tertiary/aromatic N) is 3. The summed E-state index contributed by atoms with van der Waals surface area (Å²) in [5.74, 6) is 0.378. The number of pyridine rings is 1. The van der Waals surface area contributed by atoms with Gasteiger partial charge >= 0.3 is 0 Å². The summed E-state index contributed by atoms with van der Waals surface area (Å²) in [4.78, 5) is 19.4. The molecule has 1 amide bonds. The maximum Gasteiger partial charge on any atom is 0.222 e. The van der Waals surface area contributed by atoms with Crippen molar-refractivity contribution in [2.24, 2.45) is 0 Å². The standard InChI is InChI=1S/C13H18FN3O/c1-2-13(18)17-8-4-7-16(9-10-17)12-6-3-5-11(14)15-12/h3,5-6H,2,4,7-10H2,1H3. The van der Waals surface area contributed by atoms with E-state index in [-0.39, 0.29) is 5.91 Å². The fourth-order valence-corrected chi connectivity index (χ4v) is 2.19. The molecule has 98 valence electrons. The molecular weight excluding hydrogens is 233 g/mol. The summed E-state index contributed by atoms with van der Waals surface area (Å²) in [5, 5.41) is 0. The van der Waals surface area contributed by atoms with Gasteiger partial charge in [0, 0.05) is 32.6 Å². The third-order valence-electron chi connectivity index (χ3n) is 3.18. The van der Waals surface area contributed by atoms with Gasteiger partial charge in [-0.25, -0.2) is 4.98 Å². The molecule has 0 spiro atoms. The lowest BCUT2D eigenvalue weighted by atomic mass is 10.3. The van der Waals surface area contributed by atoms with E-state index in [9.17, 15) is 9.18 Å². The minimum absolute atomic E-state index is 0.184. The molecule has 4 nitrogen and oxygen atoms in total. The first-order chi connectivity index (χ1) is 8.70. The third kappa shape index (κ3) is 2.97. The molecule has 0 radical (unpaired) electrons. The van der Waals surface area contributed by atoms with Crippen molar-refractivity contribution in [2.75, 3.05) is 31.1 Å². The van der Waals surface area contributed by atoms with Crippen molar-refractivity contribution in [3.63, 3.8) is 0 Å². The summed E-state index contributed by atoms with van der Waals surface area (Å²) < 4.78 is 13.1. The predicted octanol–water partition coefficient (Wildman–Crippen LogP) is 1.67. The summed E-state index contributed by atoms with van der Waals surface area (Å²) in [6.45, 7) is 4.86. The minimum atomic E-state index is -0.460. The lowest BCUT2D eigenvalue weighted by Crippen LogP contribution is -2.34. The number of hydrogen-bond acceptors (Lipinski definition) is 3. The van der Waals surface area contributed by atoms with Crippen molar-refractivity contribution in [1.29, 1.82) is 0 Å². The van der Waals surface area contributed by atoms with Crippen LogP contribution < -0.4 is 4.90 Å². The maximum atomic E-state index is 13.1. The molecule has 18 heavy (non-hydrogen) atoms. The van der Waals surface area contributed by atoms with Gasteiger partial charge in [0.25, 0.3) is 0 Å². The van der Waals surface area contributed by atoms with Crippen molar-refractivity contribution < 1.29 is 9.18 Å². The summed E-state index contributed by atoms with van der Waals surface area (Å²) >= 11 is 0. The second-order valence-corrected chi connectivity index (χ2v) is 4.39. The summed E-state index contributed by atoms with van der Waals surface area (Å²) in [7, 11) is 0. The lowest BCUT2D eigenvalue weighted by molar-refractivity contribution is -0.130. The monoisotopic (exact) mass is 251 g/mol. The molecule has 0 saturated carbocycles. The average Bonchev–Trinajstić information content (AvgIpc) is 2.63. The van der Waals surface area contributed by atoms with Crippen molar-refractivity contribution in [3.05, 3.63) is 24.1 Å². The number of rotatable bonds is 2. The van der Waals surface area contributed by atoms with E-state index in [0.29, 0.717) is 25.3 Å². The Labute approximate surface area is 106 Å². The number of hydrogen-bond donors (Lipinski definition) is 0. The van der Waals surface area contributed by atoms with E-state index >= 15 is 0 Å². The number of carbonyl (C=O) groups excluding carboxylic acids is 1. The molecule has 2 rings (SSSR count). The Morgan fingerprint density at radius 2 is 2.17 bits per heavy atom. The topological polar surface area (TPSA) is 36.4 Å². The summed E-state index contributed by atoms with van der Waals surface area (Å²) in [6, 6.07) is 4.81. The van der Waals surface area contributed by atoms with Gasteiger partial charge < -0.3 is 9.80 Å². The van der Waals surface area contributed by atoms with Crippen molar-refractivity contribution in [3.8, 4) is 0 Å². The van der Waals surface area contributed by atoms with E-state index in [4.69, 9.17) is 0 Å². The quantitative estimate of drug-likeness (QED) is 0.750. The number of carbonyl (C=O) groups is 1. The van der Waals surface area contributed by atoms with E-state index in [0.717, 1.165) is 19.5 Å². The van der Waals surface area contributed by atoms with Gasteiger partial charge in [0.15, 0.2) is 0 Å². The smallest absolute Gasteiger partial charge is 0.222 e. The first kappa shape index (κ1) is 12.8. The van der Waals surface area contributed by atoms with Gasteiger partial charge in [-0.3, -0.25) is 4.79 Å². The second-order valence-electron chi connectivity index (χ2n) is 4.39. The Balaban J connectivity index is 2.03. The maximum absolute atomic E-state index is 13.1. The largest absolute Gasteiger partial charge is 0.355 e. The highest BCUT2D eigenvalue weighted by Crippen LogP contribution is 2.14. The van der Waals surface area contributed by atoms with Crippen LogP contribution in [-0.2, 0) is 4.79 Å². The number of aromatic nitrogens is 1. The Morgan fingerprint density at radius 3 is 2.89 bits per heavy atom. The van der Waals surface area contributed by atoms with Gasteiger partial charge in [-0.1, -0.05) is 13.0 Å². The minimum Gasteiger partial charge on any atom is -0.355 e. The highest BCUT2D eigenvalue weighted by atomic mass is 19.1. The molecule has 1 fully saturated rings. The molecule has 0 unspecified atom stereocenters. The van der Waals surface area contributed by atoms with Crippen LogP contribution in [-0.4, -0.2) is 42.0 Å². The zero-order valence-corrected chi connectivity index (χ0v) is 10.6. The van der Waals surface area contributed by atoms with E-state index in [1.165, 1.54) is 6.07 Å². The van der Waals surface area contributed by atoms with Crippen LogP contribution in [0.5, 0.6) is 0 Å². The van der Waals surface area contributed by atoms with Gasteiger partial charge in [0.05, 0.1) is 0 Å². The summed E-state index contributed by atoms with van der Waals surface area (Å²) in [6.07, 6.45) is 1.43. The zero-order valence-electron chi connectivity index (χ0n) is 10.6. The number of anilines is 1. The van der Waals surface area contributed by atoms with E-state index in [2.05, 4.69) is 4.98 Å². The van der Waals surface area contributed by atoms with Crippen molar-refractivity contribution >= 4 is 11.7 Å².